The average Bonchev–Trinajstić information content (AvgIpc) is 3.12. The highest BCUT2D eigenvalue weighted by atomic mass is 32.2. The van der Waals surface area contributed by atoms with E-state index in [1.165, 1.54) is 19.3 Å². The molecule has 1 N–H and O–H groups in total. The van der Waals surface area contributed by atoms with Crippen LogP contribution in [-0.4, -0.2) is 40.7 Å². The molecule has 2 unspecified atom stereocenters. The maximum atomic E-state index is 12.6. The summed E-state index contributed by atoms with van der Waals surface area (Å²) in [7, 11) is -0.412. The zero-order valence-corrected chi connectivity index (χ0v) is 17.3. The lowest BCUT2D eigenvalue weighted by Crippen LogP contribution is -2.41. The molecule has 2 aliphatic heterocycles. The number of nitrogens with zero attached hydrogens (tertiary/aromatic N) is 1. The zero-order valence-electron chi connectivity index (χ0n) is 16.5. The average molecular weight is 386 g/mol. The molecule has 3 aliphatic rings. The van der Waals surface area contributed by atoms with E-state index in [2.05, 4.69) is 5.32 Å². The Balaban J connectivity index is 1.40. The molecule has 0 aromatic heterocycles. The minimum atomic E-state index is -0.412. The lowest BCUT2D eigenvalue weighted by molar-refractivity contribution is 0.00578. The quantitative estimate of drug-likeness (QED) is 0.794. The highest BCUT2D eigenvalue weighted by molar-refractivity contribution is 8.14. The molecule has 2 fully saturated rings. The predicted octanol–water partition coefficient (Wildman–Crippen LogP) is 3.13. The molecule has 5 nitrogen and oxygen atoms in total. The van der Waals surface area contributed by atoms with Crippen LogP contribution in [-0.2, 0) is 9.31 Å². The van der Waals surface area contributed by atoms with Crippen molar-refractivity contribution in [1.82, 2.24) is 5.32 Å². The minimum Gasteiger partial charge on any atom is -0.399 e. The number of carbonyl (C=O) groups is 1. The highest BCUT2D eigenvalue weighted by Crippen LogP contribution is 2.37. The number of fused-ring (bicyclic) bond motifs is 1. The lowest BCUT2D eigenvalue weighted by atomic mass is 9.79. The van der Waals surface area contributed by atoms with Crippen molar-refractivity contribution in [2.45, 2.75) is 75.9 Å². The summed E-state index contributed by atoms with van der Waals surface area (Å²) in [5.41, 5.74) is 0.794. The Hall–Kier alpha value is -1.31. The molecular formula is C20H27BN2O3S. The summed E-state index contributed by atoms with van der Waals surface area (Å²) in [4.78, 5) is 17.3. The summed E-state index contributed by atoms with van der Waals surface area (Å²) in [5.74, 6) is -0.111. The third kappa shape index (κ3) is 3.69. The van der Waals surface area contributed by atoms with Crippen molar-refractivity contribution in [3.8, 4) is 0 Å². The van der Waals surface area contributed by atoms with Gasteiger partial charge in [-0.2, -0.15) is 0 Å². The molecule has 4 rings (SSSR count). The summed E-state index contributed by atoms with van der Waals surface area (Å²) in [6.07, 6.45) is 4.85. The fourth-order valence-electron chi connectivity index (χ4n) is 3.69. The number of aliphatic imine (C=N–C) groups is 1. The van der Waals surface area contributed by atoms with Gasteiger partial charge in [-0.1, -0.05) is 36.7 Å². The molecule has 1 aromatic carbocycles. The van der Waals surface area contributed by atoms with E-state index >= 15 is 0 Å². The van der Waals surface area contributed by atoms with Crippen molar-refractivity contribution in [3.63, 3.8) is 0 Å². The number of hydrogen-bond acceptors (Lipinski definition) is 5. The van der Waals surface area contributed by atoms with Crippen molar-refractivity contribution in [1.29, 1.82) is 0 Å². The zero-order chi connectivity index (χ0) is 19.2. The van der Waals surface area contributed by atoms with Crippen molar-refractivity contribution in [2.24, 2.45) is 4.99 Å². The van der Waals surface area contributed by atoms with E-state index in [1.54, 1.807) is 11.8 Å². The molecule has 1 aromatic rings. The van der Waals surface area contributed by atoms with Gasteiger partial charge in [0, 0.05) is 10.8 Å². The number of carbonyl (C=O) groups excluding carboxylic acids is 1. The van der Waals surface area contributed by atoms with Crippen molar-refractivity contribution < 1.29 is 14.1 Å². The standard InChI is InChI=1S/C20H27BN2O3S/c1-19(2)20(3,4)26-21(25-19)14-11-9-13(10-12-14)17(24)23-18-22-15-7-5-6-8-16(15)27-18/h9-12,15-16H,5-8H2,1-4H3,(H,22,23,24). The largest absolute Gasteiger partial charge is 0.494 e. The number of amides is 1. The molecule has 1 aliphatic carbocycles. The van der Waals surface area contributed by atoms with E-state index in [1.807, 2.05) is 52.0 Å². The van der Waals surface area contributed by atoms with E-state index < -0.39 is 7.12 Å². The second kappa shape index (κ2) is 6.94. The van der Waals surface area contributed by atoms with Gasteiger partial charge >= 0.3 is 7.12 Å². The van der Waals surface area contributed by atoms with Crippen LogP contribution in [0, 0.1) is 0 Å². The summed E-state index contributed by atoms with van der Waals surface area (Å²) >= 11 is 1.72. The van der Waals surface area contributed by atoms with Crippen LogP contribution >= 0.6 is 11.8 Å². The van der Waals surface area contributed by atoms with Gasteiger partial charge in [0.05, 0.1) is 17.2 Å². The Bertz CT molecular complexity index is 747. The third-order valence-electron chi connectivity index (χ3n) is 6.13. The minimum absolute atomic E-state index is 0.111. The SMILES string of the molecule is CC1(C)OB(c2ccc(C(=O)NC3=NC4CCCCC4S3)cc2)OC1(C)C. The van der Waals surface area contributed by atoms with Gasteiger partial charge in [-0.15, -0.1) is 0 Å². The van der Waals surface area contributed by atoms with Crippen LogP contribution in [0.2, 0.25) is 0 Å². The van der Waals surface area contributed by atoms with Gasteiger partial charge in [0.1, 0.15) is 0 Å². The van der Waals surface area contributed by atoms with E-state index in [0.717, 1.165) is 17.1 Å². The van der Waals surface area contributed by atoms with Crippen LogP contribution in [0.4, 0.5) is 0 Å². The van der Waals surface area contributed by atoms with Crippen LogP contribution < -0.4 is 10.8 Å². The first-order valence-corrected chi connectivity index (χ1v) is 10.6. The van der Waals surface area contributed by atoms with Crippen LogP contribution in [0.5, 0.6) is 0 Å². The first-order valence-electron chi connectivity index (χ1n) is 9.77. The summed E-state index contributed by atoms with van der Waals surface area (Å²) < 4.78 is 12.1. The lowest BCUT2D eigenvalue weighted by Gasteiger charge is -2.32. The monoisotopic (exact) mass is 386 g/mol. The van der Waals surface area contributed by atoms with Crippen molar-refractivity contribution in [2.75, 3.05) is 0 Å². The molecule has 144 valence electrons. The topological polar surface area (TPSA) is 59.9 Å². The first kappa shape index (κ1) is 19.0. The Morgan fingerprint density at radius 3 is 2.37 bits per heavy atom. The maximum Gasteiger partial charge on any atom is 0.494 e. The number of hydrogen-bond donors (Lipinski definition) is 1. The van der Waals surface area contributed by atoms with Crippen LogP contribution in [0.3, 0.4) is 0 Å². The molecule has 2 heterocycles. The molecule has 0 bridgehead atoms. The molecule has 1 saturated heterocycles. The van der Waals surface area contributed by atoms with Gasteiger partial charge in [0.25, 0.3) is 5.91 Å². The van der Waals surface area contributed by atoms with Gasteiger partial charge in [-0.25, -0.2) is 0 Å². The Kier molecular flexibility index (Phi) is 4.89. The van der Waals surface area contributed by atoms with Gasteiger partial charge in [0.2, 0.25) is 0 Å². The number of thioether (sulfide) groups is 1. The fourth-order valence-corrected chi connectivity index (χ4v) is 4.96. The fraction of sp³-hybridized carbons (Fsp3) is 0.600. The Morgan fingerprint density at radius 2 is 1.74 bits per heavy atom. The normalized spacial score (nSPS) is 28.6. The highest BCUT2D eigenvalue weighted by Gasteiger charge is 2.51. The van der Waals surface area contributed by atoms with Gasteiger partial charge < -0.3 is 14.6 Å². The molecule has 27 heavy (non-hydrogen) atoms. The number of amidine groups is 1. The van der Waals surface area contributed by atoms with Crippen LogP contribution in [0.1, 0.15) is 63.7 Å². The second-order valence-electron chi connectivity index (χ2n) is 8.61. The van der Waals surface area contributed by atoms with E-state index in [9.17, 15) is 4.79 Å². The molecule has 0 radical (unpaired) electrons. The van der Waals surface area contributed by atoms with E-state index in [-0.39, 0.29) is 17.1 Å². The van der Waals surface area contributed by atoms with Crippen molar-refractivity contribution >= 4 is 35.4 Å². The number of benzene rings is 1. The van der Waals surface area contributed by atoms with Gasteiger partial charge in [-0.3, -0.25) is 9.79 Å². The number of nitrogens with one attached hydrogen (secondary N) is 1. The molecular weight excluding hydrogens is 359 g/mol. The van der Waals surface area contributed by atoms with Crippen LogP contribution in [0.15, 0.2) is 29.3 Å². The summed E-state index contributed by atoms with van der Waals surface area (Å²) in [6, 6.07) is 7.83. The number of rotatable bonds is 2. The molecule has 0 spiro atoms. The Labute approximate surface area is 165 Å². The first-order chi connectivity index (χ1) is 12.7. The third-order valence-corrected chi connectivity index (χ3v) is 7.42. The summed E-state index contributed by atoms with van der Waals surface area (Å²) in [5, 5.41) is 4.29. The summed E-state index contributed by atoms with van der Waals surface area (Å²) in [6.45, 7) is 8.14. The maximum absolute atomic E-state index is 12.6. The predicted molar refractivity (Wildman–Crippen MR) is 111 cm³/mol. The van der Waals surface area contributed by atoms with E-state index in [0.29, 0.717) is 16.9 Å². The molecule has 1 amide bonds. The van der Waals surface area contributed by atoms with Gasteiger partial charge in [-0.05, 0) is 58.1 Å². The smallest absolute Gasteiger partial charge is 0.399 e. The molecule has 7 heteroatoms. The molecule has 1 saturated carbocycles. The second-order valence-corrected chi connectivity index (χ2v) is 9.83. The van der Waals surface area contributed by atoms with Crippen molar-refractivity contribution in [3.05, 3.63) is 29.8 Å². The van der Waals surface area contributed by atoms with Crippen LogP contribution in [0.25, 0.3) is 0 Å². The Morgan fingerprint density at radius 1 is 1.11 bits per heavy atom. The van der Waals surface area contributed by atoms with Gasteiger partial charge in [0.15, 0.2) is 5.17 Å². The molecule has 2 atom stereocenters. The van der Waals surface area contributed by atoms with E-state index in [4.69, 9.17) is 14.3 Å².